The number of ketones is 1. The van der Waals surface area contributed by atoms with Crippen LogP contribution in [0.5, 0.6) is 0 Å². The van der Waals surface area contributed by atoms with Crippen molar-refractivity contribution in [3.05, 3.63) is 65.5 Å². The zero-order valence-electron chi connectivity index (χ0n) is 15.9. The van der Waals surface area contributed by atoms with Crippen LogP contribution < -0.4 is 4.90 Å². The van der Waals surface area contributed by atoms with E-state index in [1.54, 1.807) is 4.90 Å². The van der Waals surface area contributed by atoms with Crippen LogP contribution >= 0.6 is 0 Å². The molecule has 3 rings (SSSR count). The molecule has 2 aromatic rings. The number of ether oxygens (including phenoxy) is 1. The lowest BCUT2D eigenvalue weighted by Gasteiger charge is -2.20. The standard InChI is InChI=1S/C22H22FNO4/c1-3-15-6-4-5-7-19(15)24-13-17(12-20(24)25)22(27)28-14(2)21(26)16-8-10-18(23)11-9-16/h4-11,14,17H,3,12-13H2,1-2H3/t14-,17+/m1/s1. The summed E-state index contributed by atoms with van der Waals surface area (Å²) < 4.78 is 18.3. The number of para-hydroxylation sites is 1. The van der Waals surface area contributed by atoms with Crippen molar-refractivity contribution >= 4 is 23.3 Å². The number of hydrogen-bond acceptors (Lipinski definition) is 4. The number of nitrogens with zero attached hydrogens (tertiary/aromatic N) is 1. The minimum Gasteiger partial charge on any atom is -0.454 e. The van der Waals surface area contributed by atoms with Crippen LogP contribution in [-0.4, -0.2) is 30.3 Å². The highest BCUT2D eigenvalue weighted by molar-refractivity contribution is 6.02. The van der Waals surface area contributed by atoms with Crippen molar-refractivity contribution in [2.75, 3.05) is 11.4 Å². The Bertz CT molecular complexity index is 894. The first-order chi connectivity index (χ1) is 13.4. The average molecular weight is 383 g/mol. The number of benzene rings is 2. The molecule has 0 aliphatic carbocycles. The van der Waals surface area contributed by atoms with Gasteiger partial charge in [0.1, 0.15) is 5.82 Å². The molecule has 1 heterocycles. The van der Waals surface area contributed by atoms with E-state index in [1.165, 1.54) is 31.2 Å². The van der Waals surface area contributed by atoms with Gasteiger partial charge in [-0.15, -0.1) is 0 Å². The van der Waals surface area contributed by atoms with Gasteiger partial charge >= 0.3 is 5.97 Å². The van der Waals surface area contributed by atoms with Crippen LogP contribution in [0.1, 0.15) is 36.2 Å². The molecule has 28 heavy (non-hydrogen) atoms. The first-order valence-electron chi connectivity index (χ1n) is 9.29. The van der Waals surface area contributed by atoms with E-state index >= 15 is 0 Å². The second-order valence-electron chi connectivity index (χ2n) is 6.84. The van der Waals surface area contributed by atoms with Crippen LogP contribution in [0.3, 0.4) is 0 Å². The summed E-state index contributed by atoms with van der Waals surface area (Å²) in [5.41, 5.74) is 2.10. The van der Waals surface area contributed by atoms with Crippen LogP contribution in [0.4, 0.5) is 10.1 Å². The molecule has 1 aliphatic heterocycles. The van der Waals surface area contributed by atoms with Gasteiger partial charge in [-0.2, -0.15) is 0 Å². The quantitative estimate of drug-likeness (QED) is 0.565. The molecule has 1 saturated heterocycles. The Labute approximate surface area is 163 Å². The topological polar surface area (TPSA) is 63.7 Å². The number of esters is 1. The summed E-state index contributed by atoms with van der Waals surface area (Å²) in [6.07, 6.45) is -0.183. The molecule has 2 aromatic carbocycles. The van der Waals surface area contributed by atoms with E-state index < -0.39 is 29.6 Å². The van der Waals surface area contributed by atoms with Gasteiger partial charge in [0.25, 0.3) is 0 Å². The molecule has 0 saturated carbocycles. The van der Waals surface area contributed by atoms with Gasteiger partial charge in [-0.05, 0) is 49.2 Å². The van der Waals surface area contributed by atoms with Gasteiger partial charge < -0.3 is 9.64 Å². The van der Waals surface area contributed by atoms with Gasteiger partial charge in [-0.25, -0.2) is 4.39 Å². The van der Waals surface area contributed by atoms with Gasteiger partial charge in [-0.1, -0.05) is 25.1 Å². The number of halogens is 1. The molecule has 0 aromatic heterocycles. The average Bonchev–Trinajstić information content (AvgIpc) is 3.09. The molecule has 146 valence electrons. The molecule has 0 spiro atoms. The largest absolute Gasteiger partial charge is 0.454 e. The van der Waals surface area contributed by atoms with Crippen molar-refractivity contribution in [3.8, 4) is 0 Å². The van der Waals surface area contributed by atoms with E-state index in [0.29, 0.717) is 0 Å². The maximum Gasteiger partial charge on any atom is 0.312 e. The van der Waals surface area contributed by atoms with Gasteiger partial charge in [0.15, 0.2) is 6.10 Å². The highest BCUT2D eigenvalue weighted by atomic mass is 19.1. The number of aryl methyl sites for hydroxylation is 1. The third-order valence-electron chi connectivity index (χ3n) is 4.91. The Hall–Kier alpha value is -3.02. The number of carbonyl (C=O) groups excluding carboxylic acids is 3. The first kappa shape index (κ1) is 19.7. The zero-order valence-corrected chi connectivity index (χ0v) is 15.9. The van der Waals surface area contributed by atoms with E-state index in [4.69, 9.17) is 4.74 Å². The molecule has 0 bridgehead atoms. The molecule has 0 unspecified atom stereocenters. The lowest BCUT2D eigenvalue weighted by molar-refractivity contribution is -0.151. The monoisotopic (exact) mass is 383 g/mol. The summed E-state index contributed by atoms with van der Waals surface area (Å²) in [5, 5.41) is 0. The Morgan fingerprint density at radius 2 is 1.86 bits per heavy atom. The van der Waals surface area contributed by atoms with Crippen molar-refractivity contribution < 1.29 is 23.5 Å². The molecule has 1 fully saturated rings. The molecular formula is C22H22FNO4. The normalized spacial score (nSPS) is 17.5. The number of carbonyl (C=O) groups is 3. The van der Waals surface area contributed by atoms with Gasteiger partial charge in [0.05, 0.1) is 5.92 Å². The summed E-state index contributed by atoms with van der Waals surface area (Å²) >= 11 is 0. The van der Waals surface area contributed by atoms with Crippen LogP contribution in [-0.2, 0) is 20.7 Å². The second kappa shape index (κ2) is 8.33. The third-order valence-corrected chi connectivity index (χ3v) is 4.91. The van der Waals surface area contributed by atoms with E-state index in [9.17, 15) is 18.8 Å². The minimum atomic E-state index is -1.01. The molecule has 1 aliphatic rings. The Morgan fingerprint density at radius 3 is 2.54 bits per heavy atom. The van der Waals surface area contributed by atoms with Crippen molar-refractivity contribution in [1.29, 1.82) is 0 Å². The first-order valence-corrected chi connectivity index (χ1v) is 9.29. The van der Waals surface area contributed by atoms with E-state index in [-0.39, 0.29) is 24.4 Å². The van der Waals surface area contributed by atoms with Crippen molar-refractivity contribution in [2.24, 2.45) is 5.92 Å². The number of rotatable bonds is 6. The van der Waals surface area contributed by atoms with Crippen molar-refractivity contribution in [3.63, 3.8) is 0 Å². The van der Waals surface area contributed by atoms with Crippen LogP contribution in [0, 0.1) is 11.7 Å². The summed E-state index contributed by atoms with van der Waals surface area (Å²) in [4.78, 5) is 38.9. The molecule has 1 amide bonds. The molecular weight excluding hydrogens is 361 g/mol. The van der Waals surface area contributed by atoms with E-state index in [0.717, 1.165) is 17.7 Å². The fraction of sp³-hybridized carbons (Fsp3) is 0.318. The predicted molar refractivity (Wildman–Crippen MR) is 103 cm³/mol. The van der Waals surface area contributed by atoms with Gasteiger partial charge in [0.2, 0.25) is 11.7 Å². The van der Waals surface area contributed by atoms with Crippen LogP contribution in [0.15, 0.2) is 48.5 Å². The van der Waals surface area contributed by atoms with Crippen LogP contribution in [0.25, 0.3) is 0 Å². The molecule has 0 N–H and O–H groups in total. The third kappa shape index (κ3) is 4.11. The molecule has 2 atom stereocenters. The lowest BCUT2D eigenvalue weighted by atomic mass is 10.1. The number of hydrogen-bond donors (Lipinski definition) is 0. The summed E-state index contributed by atoms with van der Waals surface area (Å²) in [7, 11) is 0. The van der Waals surface area contributed by atoms with Crippen molar-refractivity contribution in [1.82, 2.24) is 0 Å². The Balaban J connectivity index is 1.66. The maximum atomic E-state index is 13.0. The molecule has 6 heteroatoms. The summed E-state index contributed by atoms with van der Waals surface area (Å²) in [6, 6.07) is 12.7. The number of amides is 1. The second-order valence-corrected chi connectivity index (χ2v) is 6.84. The molecule has 0 radical (unpaired) electrons. The Morgan fingerprint density at radius 1 is 1.18 bits per heavy atom. The van der Waals surface area contributed by atoms with Gasteiger partial charge in [-0.3, -0.25) is 14.4 Å². The lowest BCUT2D eigenvalue weighted by Crippen LogP contribution is -2.30. The fourth-order valence-corrected chi connectivity index (χ4v) is 3.34. The highest BCUT2D eigenvalue weighted by Gasteiger charge is 2.37. The summed E-state index contributed by atoms with van der Waals surface area (Å²) in [5.74, 6) is -2.20. The SMILES string of the molecule is CCc1ccccc1N1C[C@@H](C(=O)O[C@H](C)C(=O)c2ccc(F)cc2)CC1=O. The number of Topliss-reactive ketones (excluding diaryl/α,β-unsaturated/α-hetero) is 1. The molecule has 5 nitrogen and oxygen atoms in total. The minimum absolute atomic E-state index is 0.0499. The van der Waals surface area contributed by atoms with E-state index in [1.807, 2.05) is 31.2 Å². The summed E-state index contributed by atoms with van der Waals surface area (Å²) in [6.45, 7) is 3.71. The zero-order chi connectivity index (χ0) is 20.3. The van der Waals surface area contributed by atoms with E-state index in [2.05, 4.69) is 0 Å². The van der Waals surface area contributed by atoms with Gasteiger partial charge in [0, 0.05) is 24.2 Å². The predicted octanol–water partition coefficient (Wildman–Crippen LogP) is 3.56. The smallest absolute Gasteiger partial charge is 0.312 e. The number of anilines is 1. The Kier molecular flexibility index (Phi) is 5.87. The van der Waals surface area contributed by atoms with Crippen LogP contribution in [0.2, 0.25) is 0 Å². The fourth-order valence-electron chi connectivity index (χ4n) is 3.34. The van der Waals surface area contributed by atoms with Crippen molar-refractivity contribution in [2.45, 2.75) is 32.8 Å². The highest BCUT2D eigenvalue weighted by Crippen LogP contribution is 2.29. The maximum absolute atomic E-state index is 13.0.